The number of primary amides is 1. The van der Waals surface area contributed by atoms with Crippen LogP contribution in [0.15, 0.2) is 40.8 Å². The van der Waals surface area contributed by atoms with Crippen LogP contribution in [0.25, 0.3) is 0 Å². The van der Waals surface area contributed by atoms with Crippen molar-refractivity contribution in [1.82, 2.24) is 0 Å². The van der Waals surface area contributed by atoms with Crippen molar-refractivity contribution in [2.45, 2.75) is 25.7 Å². The van der Waals surface area contributed by atoms with Crippen LogP contribution in [0.1, 0.15) is 31.2 Å². The first-order chi connectivity index (χ1) is 11.2. The first kappa shape index (κ1) is 16.7. The van der Waals surface area contributed by atoms with E-state index < -0.39 is 39.0 Å². The van der Waals surface area contributed by atoms with Gasteiger partial charge in [0.2, 0.25) is 5.91 Å². The molecule has 1 aromatic carbocycles. The number of carboxylic acid groups (broad SMARTS) is 1. The molecular weight excluding hydrogens is 330 g/mol. The molecule has 3 rings (SSSR count). The first-order valence-corrected chi connectivity index (χ1v) is 9.38. The molecule has 3 atom stereocenters. The van der Waals surface area contributed by atoms with Crippen molar-refractivity contribution in [2.75, 3.05) is 5.75 Å². The fourth-order valence-electron chi connectivity index (χ4n) is 4.35. The SMILES string of the molecule is CC1=C2C(CCS2(=O)=O)C(C(N)=O)(C(=O)O)C(c2ccccc2)C1. The van der Waals surface area contributed by atoms with Gasteiger partial charge in [0.05, 0.1) is 5.75 Å². The highest BCUT2D eigenvalue weighted by Gasteiger charge is 2.63. The van der Waals surface area contributed by atoms with Crippen LogP contribution in [-0.2, 0) is 19.4 Å². The number of hydrogen-bond donors (Lipinski definition) is 2. The van der Waals surface area contributed by atoms with Gasteiger partial charge in [-0.3, -0.25) is 9.59 Å². The molecule has 1 aliphatic heterocycles. The Morgan fingerprint density at radius 3 is 2.38 bits per heavy atom. The summed E-state index contributed by atoms with van der Waals surface area (Å²) in [7, 11) is -3.53. The number of nitrogens with two attached hydrogens (primary N) is 1. The van der Waals surface area contributed by atoms with Crippen molar-refractivity contribution in [3.05, 3.63) is 46.4 Å². The third-order valence-corrected chi connectivity index (χ3v) is 7.40. The summed E-state index contributed by atoms with van der Waals surface area (Å²) in [6, 6.07) is 8.85. The lowest BCUT2D eigenvalue weighted by molar-refractivity contribution is -0.160. The van der Waals surface area contributed by atoms with Gasteiger partial charge in [0, 0.05) is 16.7 Å². The van der Waals surface area contributed by atoms with E-state index in [4.69, 9.17) is 5.73 Å². The fraction of sp³-hybridized carbons (Fsp3) is 0.412. The van der Waals surface area contributed by atoms with Crippen molar-refractivity contribution in [3.63, 3.8) is 0 Å². The van der Waals surface area contributed by atoms with Gasteiger partial charge >= 0.3 is 5.97 Å². The van der Waals surface area contributed by atoms with Gasteiger partial charge in [-0.1, -0.05) is 35.9 Å². The number of benzene rings is 1. The zero-order valence-electron chi connectivity index (χ0n) is 13.2. The van der Waals surface area contributed by atoms with Crippen LogP contribution >= 0.6 is 0 Å². The molecule has 0 radical (unpaired) electrons. The minimum Gasteiger partial charge on any atom is -0.480 e. The van der Waals surface area contributed by atoms with Crippen molar-refractivity contribution in [2.24, 2.45) is 17.1 Å². The van der Waals surface area contributed by atoms with Crippen LogP contribution in [0.5, 0.6) is 0 Å². The van der Waals surface area contributed by atoms with E-state index in [0.29, 0.717) is 11.1 Å². The number of rotatable bonds is 3. The lowest BCUT2D eigenvalue weighted by Gasteiger charge is -2.43. The lowest BCUT2D eigenvalue weighted by Crippen LogP contribution is -2.55. The predicted molar refractivity (Wildman–Crippen MR) is 87.7 cm³/mol. The standard InChI is InChI=1S/C17H19NO5S/c1-10-9-13(11-5-3-2-4-6-11)17(15(18)19,16(20)21)12-7-8-24(22,23)14(10)12/h2-6,12-13H,7-9H2,1H3,(H2,18,19)(H,20,21). The molecule has 1 amide bonds. The first-order valence-electron chi connectivity index (χ1n) is 7.73. The van der Waals surface area contributed by atoms with Gasteiger partial charge in [0.1, 0.15) is 0 Å². The summed E-state index contributed by atoms with van der Waals surface area (Å²) in [5.41, 5.74) is 4.95. The Morgan fingerprint density at radius 1 is 1.21 bits per heavy atom. The average molecular weight is 349 g/mol. The molecule has 24 heavy (non-hydrogen) atoms. The van der Waals surface area contributed by atoms with Gasteiger partial charge in [-0.05, 0) is 25.3 Å². The summed E-state index contributed by atoms with van der Waals surface area (Å²) in [5.74, 6) is -4.06. The zero-order chi connectivity index (χ0) is 17.7. The molecule has 1 heterocycles. The van der Waals surface area contributed by atoms with Crippen LogP contribution in [0.4, 0.5) is 0 Å². The number of allylic oxidation sites excluding steroid dienone is 2. The van der Waals surface area contributed by atoms with Crippen molar-refractivity contribution < 1.29 is 23.1 Å². The number of carboxylic acids is 1. The summed E-state index contributed by atoms with van der Waals surface area (Å²) in [6.45, 7) is 1.70. The van der Waals surface area contributed by atoms with Gasteiger partial charge < -0.3 is 10.8 Å². The quantitative estimate of drug-likeness (QED) is 0.801. The highest BCUT2D eigenvalue weighted by Crippen LogP contribution is 2.57. The maximum atomic E-state index is 12.4. The van der Waals surface area contributed by atoms with Crippen molar-refractivity contribution in [1.29, 1.82) is 0 Å². The molecule has 0 spiro atoms. The van der Waals surface area contributed by atoms with E-state index in [2.05, 4.69) is 0 Å². The normalized spacial score (nSPS) is 31.5. The number of hydrogen-bond acceptors (Lipinski definition) is 4. The van der Waals surface area contributed by atoms with Crippen LogP contribution in [0, 0.1) is 11.3 Å². The van der Waals surface area contributed by atoms with Crippen molar-refractivity contribution >= 4 is 21.7 Å². The van der Waals surface area contributed by atoms with E-state index in [0.717, 1.165) is 0 Å². The topological polar surface area (TPSA) is 115 Å². The maximum absolute atomic E-state index is 12.4. The summed E-state index contributed by atoms with van der Waals surface area (Å²) in [4.78, 5) is 24.7. The monoisotopic (exact) mass is 349 g/mol. The van der Waals surface area contributed by atoms with Crippen LogP contribution in [0.2, 0.25) is 0 Å². The highest BCUT2D eigenvalue weighted by atomic mass is 32.2. The van der Waals surface area contributed by atoms with Crippen LogP contribution < -0.4 is 5.73 Å². The molecule has 7 heteroatoms. The third kappa shape index (κ3) is 2.11. The van der Waals surface area contributed by atoms with Gasteiger partial charge in [-0.2, -0.15) is 0 Å². The van der Waals surface area contributed by atoms with Crippen molar-refractivity contribution in [3.8, 4) is 0 Å². The van der Waals surface area contributed by atoms with E-state index in [9.17, 15) is 23.1 Å². The Labute approximate surface area is 140 Å². The van der Waals surface area contributed by atoms with Gasteiger partial charge in [0.15, 0.2) is 15.3 Å². The molecule has 0 bridgehead atoms. The molecular formula is C17H19NO5S. The van der Waals surface area contributed by atoms with E-state index in [1.807, 2.05) is 0 Å². The average Bonchev–Trinajstić information content (AvgIpc) is 2.84. The number of amides is 1. The lowest BCUT2D eigenvalue weighted by atomic mass is 9.58. The van der Waals surface area contributed by atoms with E-state index in [-0.39, 0.29) is 23.5 Å². The predicted octanol–water partition coefficient (Wildman–Crippen LogP) is 1.44. The molecule has 6 nitrogen and oxygen atoms in total. The Bertz CT molecular complexity index is 827. The van der Waals surface area contributed by atoms with Crippen LogP contribution in [-0.4, -0.2) is 31.2 Å². The Balaban J connectivity index is 2.31. The summed E-state index contributed by atoms with van der Waals surface area (Å²) in [6.07, 6.45) is 0.290. The molecule has 2 aliphatic rings. The second-order valence-corrected chi connectivity index (χ2v) is 8.59. The summed E-state index contributed by atoms with van der Waals surface area (Å²) >= 11 is 0. The van der Waals surface area contributed by atoms with E-state index in [1.165, 1.54) is 0 Å². The largest absolute Gasteiger partial charge is 0.480 e. The van der Waals surface area contributed by atoms with Gasteiger partial charge in [-0.25, -0.2) is 8.42 Å². The molecule has 1 fully saturated rings. The van der Waals surface area contributed by atoms with E-state index >= 15 is 0 Å². The minimum absolute atomic E-state index is 0.105. The summed E-state index contributed by atoms with van der Waals surface area (Å²) in [5, 5.41) is 9.98. The van der Waals surface area contributed by atoms with Gasteiger partial charge in [0.25, 0.3) is 0 Å². The Kier molecular flexibility index (Phi) is 3.79. The Hall–Kier alpha value is -2.15. The molecule has 1 aromatic rings. The molecule has 1 aliphatic carbocycles. The molecule has 0 saturated carbocycles. The summed E-state index contributed by atoms with van der Waals surface area (Å²) < 4.78 is 24.8. The molecule has 1 saturated heterocycles. The number of carbonyl (C=O) groups excluding carboxylic acids is 1. The smallest absolute Gasteiger partial charge is 0.320 e. The maximum Gasteiger partial charge on any atom is 0.320 e. The zero-order valence-corrected chi connectivity index (χ0v) is 14.0. The molecule has 0 aromatic heterocycles. The number of aliphatic carboxylic acids is 1. The fourth-order valence-corrected chi connectivity index (χ4v) is 6.47. The van der Waals surface area contributed by atoms with Crippen LogP contribution in [0.3, 0.4) is 0 Å². The highest BCUT2D eigenvalue weighted by molar-refractivity contribution is 7.95. The number of fused-ring (bicyclic) bond motifs is 1. The number of carbonyl (C=O) groups is 2. The van der Waals surface area contributed by atoms with E-state index in [1.54, 1.807) is 37.3 Å². The molecule has 128 valence electrons. The second kappa shape index (κ2) is 5.44. The Morgan fingerprint density at radius 2 is 1.83 bits per heavy atom. The van der Waals surface area contributed by atoms with Gasteiger partial charge in [-0.15, -0.1) is 0 Å². The number of sulfone groups is 1. The molecule has 3 unspecified atom stereocenters. The minimum atomic E-state index is -3.53. The third-order valence-electron chi connectivity index (χ3n) is 5.32. The molecule has 3 N–H and O–H groups in total. The second-order valence-electron chi connectivity index (χ2n) is 6.51.